The molecule has 0 radical (unpaired) electrons. The topological polar surface area (TPSA) is 81.9 Å². The molecular weight excluding hydrogens is 448 g/mol. The summed E-state index contributed by atoms with van der Waals surface area (Å²) in [6.45, 7) is 4.88. The monoisotopic (exact) mass is 472 g/mol. The van der Waals surface area contributed by atoms with Crippen LogP contribution < -0.4 is 9.47 Å². The van der Waals surface area contributed by atoms with Crippen molar-refractivity contribution in [1.29, 1.82) is 0 Å². The molecule has 1 amide bonds. The molecule has 7 nitrogen and oxygen atoms in total. The maximum Gasteiger partial charge on any atom is 0.270 e. The zero-order valence-corrected chi connectivity index (χ0v) is 19.7. The molecule has 9 heteroatoms. The molecule has 32 heavy (non-hydrogen) atoms. The Morgan fingerprint density at radius 3 is 2.47 bits per heavy atom. The van der Waals surface area contributed by atoms with E-state index < -0.39 is 4.92 Å². The Balaban J connectivity index is 1.68. The van der Waals surface area contributed by atoms with Gasteiger partial charge in [0.25, 0.3) is 11.6 Å². The Kier molecular flexibility index (Phi) is 7.87. The van der Waals surface area contributed by atoms with Crippen LogP contribution in [0.4, 0.5) is 5.69 Å². The van der Waals surface area contributed by atoms with Crippen molar-refractivity contribution >= 4 is 46.0 Å². The van der Waals surface area contributed by atoms with Crippen LogP contribution in [0.3, 0.4) is 0 Å². The number of nitro groups is 1. The van der Waals surface area contributed by atoms with Crippen LogP contribution in [-0.4, -0.2) is 40.3 Å². The van der Waals surface area contributed by atoms with Crippen molar-refractivity contribution in [2.24, 2.45) is 0 Å². The van der Waals surface area contributed by atoms with Gasteiger partial charge in [-0.25, -0.2) is 0 Å². The highest BCUT2D eigenvalue weighted by Crippen LogP contribution is 2.34. The number of benzene rings is 2. The second-order valence-corrected chi connectivity index (χ2v) is 8.97. The minimum absolute atomic E-state index is 0.0896. The number of nitrogens with zero attached hydrogens (tertiary/aromatic N) is 2. The largest absolute Gasteiger partial charge is 0.490 e. The average Bonchev–Trinajstić information content (AvgIpc) is 3.03. The maximum atomic E-state index is 12.3. The number of likely N-dealkylation sites (N-methyl/N-ethyl adjacent to an activating group) is 1. The predicted octanol–water partition coefficient (Wildman–Crippen LogP) is 5.40. The summed E-state index contributed by atoms with van der Waals surface area (Å²) >= 11 is 6.29. The number of thiocarbonyl (C=S) groups is 1. The van der Waals surface area contributed by atoms with E-state index in [0.717, 1.165) is 23.9 Å². The van der Waals surface area contributed by atoms with Crippen molar-refractivity contribution in [3.63, 3.8) is 0 Å². The number of ether oxygens (including phenoxy) is 2. The fourth-order valence-electron chi connectivity index (χ4n) is 3.02. The zero-order chi connectivity index (χ0) is 23.3. The van der Waals surface area contributed by atoms with Gasteiger partial charge in [-0.1, -0.05) is 50.0 Å². The Labute approximate surface area is 196 Å². The standard InChI is InChI=1S/C23H24N2O5S2/c1-4-15(2)16-5-8-19(9-6-16)29-11-12-30-20-10-7-18(25(27)28)13-17(20)14-21-22(26)24(3)23(31)32-21/h5-10,13-15H,4,11-12H2,1-3H3/b21-14-/t15-/m1/s1. The Hall–Kier alpha value is -2.91. The van der Waals surface area contributed by atoms with Crippen LogP contribution in [-0.2, 0) is 4.79 Å². The minimum Gasteiger partial charge on any atom is -0.490 e. The first-order chi connectivity index (χ1) is 15.3. The van der Waals surface area contributed by atoms with Crippen LogP contribution in [0.5, 0.6) is 11.5 Å². The molecule has 1 saturated heterocycles. The van der Waals surface area contributed by atoms with E-state index in [1.165, 1.54) is 28.7 Å². The summed E-state index contributed by atoms with van der Waals surface area (Å²) in [7, 11) is 1.59. The smallest absolute Gasteiger partial charge is 0.270 e. The minimum atomic E-state index is -0.488. The summed E-state index contributed by atoms with van der Waals surface area (Å²) < 4.78 is 12.0. The Morgan fingerprint density at radius 1 is 1.19 bits per heavy atom. The second-order valence-electron chi connectivity index (χ2n) is 7.30. The molecule has 0 aliphatic carbocycles. The third kappa shape index (κ3) is 5.66. The van der Waals surface area contributed by atoms with Crippen molar-refractivity contribution in [3.05, 3.63) is 68.6 Å². The van der Waals surface area contributed by atoms with Gasteiger partial charge in [-0.2, -0.15) is 0 Å². The van der Waals surface area contributed by atoms with Gasteiger partial charge in [-0.3, -0.25) is 19.8 Å². The molecule has 1 heterocycles. The van der Waals surface area contributed by atoms with E-state index in [4.69, 9.17) is 21.7 Å². The Morgan fingerprint density at radius 2 is 1.88 bits per heavy atom. The molecule has 1 aliphatic rings. The molecule has 0 aromatic heterocycles. The first kappa shape index (κ1) is 23.7. The van der Waals surface area contributed by atoms with Crippen molar-refractivity contribution in [2.45, 2.75) is 26.2 Å². The summed E-state index contributed by atoms with van der Waals surface area (Å²) in [6.07, 6.45) is 2.65. The summed E-state index contributed by atoms with van der Waals surface area (Å²) in [4.78, 5) is 24.8. The van der Waals surface area contributed by atoms with Gasteiger partial charge < -0.3 is 9.47 Å². The van der Waals surface area contributed by atoms with Gasteiger partial charge in [0.15, 0.2) is 0 Å². The fraction of sp³-hybridized carbons (Fsp3) is 0.304. The number of thioether (sulfide) groups is 1. The lowest BCUT2D eigenvalue weighted by Crippen LogP contribution is -2.22. The molecule has 1 atom stereocenters. The number of amides is 1. The molecule has 0 unspecified atom stereocenters. The summed E-state index contributed by atoms with van der Waals surface area (Å²) in [5.41, 5.74) is 1.61. The van der Waals surface area contributed by atoms with Gasteiger partial charge in [0.2, 0.25) is 0 Å². The molecule has 0 bridgehead atoms. The highest BCUT2D eigenvalue weighted by atomic mass is 32.2. The predicted molar refractivity (Wildman–Crippen MR) is 130 cm³/mol. The molecular formula is C23H24N2O5S2. The normalized spacial score (nSPS) is 15.8. The third-order valence-corrected chi connectivity index (χ3v) is 6.63. The molecule has 2 aromatic rings. The number of nitro benzene ring substituents is 1. The molecule has 0 spiro atoms. The van der Waals surface area contributed by atoms with Gasteiger partial charge in [0.1, 0.15) is 29.0 Å². The molecule has 1 aliphatic heterocycles. The van der Waals surface area contributed by atoms with Crippen LogP contribution in [0.15, 0.2) is 47.4 Å². The van der Waals surface area contributed by atoms with Crippen molar-refractivity contribution < 1.29 is 19.2 Å². The molecule has 168 valence electrons. The second kappa shape index (κ2) is 10.6. The molecule has 0 saturated carbocycles. The van der Waals surface area contributed by atoms with Crippen LogP contribution in [0.2, 0.25) is 0 Å². The lowest BCUT2D eigenvalue weighted by molar-refractivity contribution is -0.384. The fourth-order valence-corrected chi connectivity index (χ4v) is 4.19. The Bertz CT molecular complexity index is 1050. The van der Waals surface area contributed by atoms with Crippen LogP contribution in [0, 0.1) is 10.1 Å². The van der Waals surface area contributed by atoms with Crippen LogP contribution in [0.1, 0.15) is 37.3 Å². The van der Waals surface area contributed by atoms with Gasteiger partial charge in [0, 0.05) is 24.7 Å². The van der Waals surface area contributed by atoms with E-state index in [0.29, 0.717) is 33.1 Å². The number of hydrogen-bond donors (Lipinski definition) is 0. The van der Waals surface area contributed by atoms with E-state index in [1.54, 1.807) is 13.1 Å². The number of carbonyl (C=O) groups is 1. The number of carbonyl (C=O) groups excluding carboxylic acids is 1. The summed E-state index contributed by atoms with van der Waals surface area (Å²) in [6, 6.07) is 12.3. The molecule has 1 fully saturated rings. The zero-order valence-electron chi connectivity index (χ0n) is 18.1. The average molecular weight is 473 g/mol. The van der Waals surface area contributed by atoms with Gasteiger partial charge in [-0.15, -0.1) is 0 Å². The van der Waals surface area contributed by atoms with E-state index in [9.17, 15) is 14.9 Å². The van der Waals surface area contributed by atoms with Crippen molar-refractivity contribution in [1.82, 2.24) is 4.90 Å². The highest BCUT2D eigenvalue weighted by molar-refractivity contribution is 8.26. The van der Waals surface area contributed by atoms with E-state index in [2.05, 4.69) is 26.0 Å². The van der Waals surface area contributed by atoms with Crippen molar-refractivity contribution in [2.75, 3.05) is 20.3 Å². The third-order valence-electron chi connectivity index (χ3n) is 5.15. The molecule has 0 N–H and O–H groups in total. The lowest BCUT2D eigenvalue weighted by Gasteiger charge is -2.12. The number of non-ortho nitro benzene ring substituents is 1. The van der Waals surface area contributed by atoms with Gasteiger partial charge in [0.05, 0.1) is 9.83 Å². The highest BCUT2D eigenvalue weighted by Gasteiger charge is 2.29. The number of hydrogen-bond acceptors (Lipinski definition) is 7. The number of rotatable bonds is 9. The first-order valence-electron chi connectivity index (χ1n) is 10.2. The lowest BCUT2D eigenvalue weighted by atomic mass is 9.99. The van der Waals surface area contributed by atoms with E-state index in [1.807, 2.05) is 12.1 Å². The molecule has 2 aromatic carbocycles. The summed E-state index contributed by atoms with van der Waals surface area (Å²) in [5, 5.41) is 11.2. The maximum absolute atomic E-state index is 12.3. The van der Waals surface area contributed by atoms with Crippen molar-refractivity contribution in [3.8, 4) is 11.5 Å². The summed E-state index contributed by atoms with van der Waals surface area (Å²) in [5.74, 6) is 1.42. The quantitative estimate of drug-likeness (QED) is 0.159. The van der Waals surface area contributed by atoms with E-state index in [-0.39, 0.29) is 18.2 Å². The first-order valence-corrected chi connectivity index (χ1v) is 11.4. The van der Waals surface area contributed by atoms with Gasteiger partial charge >= 0.3 is 0 Å². The van der Waals surface area contributed by atoms with Gasteiger partial charge in [-0.05, 0) is 42.2 Å². The van der Waals surface area contributed by atoms with Crippen LogP contribution >= 0.6 is 24.0 Å². The SMILES string of the molecule is CC[C@@H](C)c1ccc(OCCOc2ccc([N+](=O)[O-])cc2/C=C2\SC(=S)N(C)C2=O)cc1. The molecule has 3 rings (SSSR count). The van der Waals surface area contributed by atoms with E-state index >= 15 is 0 Å². The van der Waals surface area contributed by atoms with Crippen LogP contribution in [0.25, 0.3) is 6.08 Å².